The number of rotatable bonds is 4. The maximum atomic E-state index is 12.0. The standard InChI is InChI=1S/C12H14O5/c1-7-3-8(2)11(17)12(4-7,5-9(13)14)6-10(15)16/h3-4H,5-6H2,1-2H3,(H,13,14)(H,15,16). The van der Waals surface area contributed by atoms with Crippen LogP contribution in [0.25, 0.3) is 0 Å². The first-order valence-electron chi connectivity index (χ1n) is 5.13. The first kappa shape index (κ1) is 13.2. The maximum Gasteiger partial charge on any atom is 0.304 e. The molecular weight excluding hydrogens is 224 g/mol. The van der Waals surface area contributed by atoms with E-state index in [-0.39, 0.29) is 0 Å². The Labute approximate surface area is 98.4 Å². The number of ketones is 1. The number of Topliss-reactive ketones (excluding diaryl/α,β-unsaturated/α-hetero) is 1. The third kappa shape index (κ3) is 2.81. The van der Waals surface area contributed by atoms with Crippen LogP contribution >= 0.6 is 0 Å². The Hall–Kier alpha value is -1.91. The van der Waals surface area contributed by atoms with Gasteiger partial charge in [0.05, 0.1) is 18.3 Å². The average molecular weight is 238 g/mol. The molecule has 92 valence electrons. The van der Waals surface area contributed by atoms with Crippen molar-refractivity contribution in [1.29, 1.82) is 0 Å². The zero-order valence-corrected chi connectivity index (χ0v) is 9.69. The lowest BCUT2D eigenvalue weighted by Gasteiger charge is -2.29. The van der Waals surface area contributed by atoms with Crippen LogP contribution in [0.4, 0.5) is 0 Å². The zero-order valence-electron chi connectivity index (χ0n) is 9.69. The van der Waals surface area contributed by atoms with Crippen LogP contribution in [0.3, 0.4) is 0 Å². The summed E-state index contributed by atoms with van der Waals surface area (Å²) in [6, 6.07) is 0. The minimum Gasteiger partial charge on any atom is -0.481 e. The molecule has 0 atom stereocenters. The van der Waals surface area contributed by atoms with Gasteiger partial charge in [0, 0.05) is 0 Å². The second-order valence-electron chi connectivity index (χ2n) is 4.34. The summed E-state index contributed by atoms with van der Waals surface area (Å²) in [4.78, 5) is 33.7. The van der Waals surface area contributed by atoms with E-state index in [1.165, 1.54) is 6.08 Å². The van der Waals surface area contributed by atoms with Crippen molar-refractivity contribution in [2.45, 2.75) is 26.7 Å². The van der Waals surface area contributed by atoms with Crippen molar-refractivity contribution in [2.24, 2.45) is 5.41 Å². The number of carbonyl (C=O) groups is 3. The molecule has 5 heteroatoms. The van der Waals surface area contributed by atoms with E-state index >= 15 is 0 Å². The van der Waals surface area contributed by atoms with Crippen molar-refractivity contribution < 1.29 is 24.6 Å². The highest BCUT2D eigenvalue weighted by molar-refractivity contribution is 6.05. The highest BCUT2D eigenvalue weighted by Crippen LogP contribution is 2.37. The molecule has 0 saturated heterocycles. The van der Waals surface area contributed by atoms with E-state index in [0.29, 0.717) is 11.1 Å². The molecule has 0 spiro atoms. The highest BCUT2D eigenvalue weighted by Gasteiger charge is 2.42. The normalized spacial score (nSPS) is 18.4. The fraction of sp³-hybridized carbons (Fsp3) is 0.417. The van der Waals surface area contributed by atoms with Crippen molar-refractivity contribution in [3.05, 3.63) is 23.3 Å². The number of carbonyl (C=O) groups excluding carboxylic acids is 1. The molecule has 17 heavy (non-hydrogen) atoms. The van der Waals surface area contributed by atoms with Gasteiger partial charge < -0.3 is 10.2 Å². The lowest BCUT2D eigenvalue weighted by molar-refractivity contribution is -0.146. The molecule has 0 amide bonds. The molecule has 0 aromatic heterocycles. The van der Waals surface area contributed by atoms with E-state index in [2.05, 4.69) is 0 Å². The van der Waals surface area contributed by atoms with Gasteiger partial charge in [0.1, 0.15) is 0 Å². The summed E-state index contributed by atoms with van der Waals surface area (Å²) in [5.41, 5.74) is -0.335. The quantitative estimate of drug-likeness (QED) is 0.772. The number of hydrogen-bond donors (Lipinski definition) is 2. The van der Waals surface area contributed by atoms with Gasteiger partial charge in [-0.1, -0.05) is 17.7 Å². The van der Waals surface area contributed by atoms with Crippen molar-refractivity contribution in [1.82, 2.24) is 0 Å². The van der Waals surface area contributed by atoms with Gasteiger partial charge in [0.25, 0.3) is 0 Å². The van der Waals surface area contributed by atoms with Gasteiger partial charge in [-0.3, -0.25) is 14.4 Å². The first-order chi connectivity index (χ1) is 7.77. The molecule has 0 saturated carbocycles. The van der Waals surface area contributed by atoms with Crippen LogP contribution < -0.4 is 0 Å². The van der Waals surface area contributed by atoms with Crippen LogP contribution in [-0.2, 0) is 14.4 Å². The van der Waals surface area contributed by atoms with Crippen LogP contribution in [0.15, 0.2) is 23.3 Å². The Morgan fingerprint density at radius 1 is 1.18 bits per heavy atom. The van der Waals surface area contributed by atoms with Gasteiger partial charge in [0.15, 0.2) is 5.78 Å². The predicted octanol–water partition coefficient (Wildman–Crippen LogP) is 1.40. The molecule has 5 nitrogen and oxygen atoms in total. The molecule has 0 aromatic carbocycles. The first-order valence-corrected chi connectivity index (χ1v) is 5.13. The summed E-state index contributed by atoms with van der Waals surface area (Å²) >= 11 is 0. The Bertz CT molecular complexity index is 426. The van der Waals surface area contributed by atoms with Gasteiger partial charge in [-0.2, -0.15) is 0 Å². The molecule has 1 aliphatic carbocycles. The molecular formula is C12H14O5. The summed E-state index contributed by atoms with van der Waals surface area (Å²) in [5, 5.41) is 17.7. The summed E-state index contributed by atoms with van der Waals surface area (Å²) in [6.07, 6.45) is 2.08. The van der Waals surface area contributed by atoms with Crippen molar-refractivity contribution >= 4 is 17.7 Å². The van der Waals surface area contributed by atoms with Gasteiger partial charge in [-0.25, -0.2) is 0 Å². The smallest absolute Gasteiger partial charge is 0.304 e. The SMILES string of the molecule is CC1=CC(CC(=O)O)(CC(=O)O)C(=O)C(C)=C1. The molecule has 0 aliphatic heterocycles. The second-order valence-corrected chi connectivity index (χ2v) is 4.34. The number of hydrogen-bond acceptors (Lipinski definition) is 3. The monoisotopic (exact) mass is 238 g/mol. The van der Waals surface area contributed by atoms with E-state index in [1.807, 2.05) is 0 Å². The van der Waals surface area contributed by atoms with E-state index < -0.39 is 36.0 Å². The van der Waals surface area contributed by atoms with Crippen molar-refractivity contribution in [2.75, 3.05) is 0 Å². The predicted molar refractivity (Wildman–Crippen MR) is 59.5 cm³/mol. The molecule has 1 aliphatic rings. The fourth-order valence-corrected chi connectivity index (χ4v) is 2.21. The molecule has 0 bridgehead atoms. The Kier molecular flexibility index (Phi) is 3.50. The summed E-state index contributed by atoms with van der Waals surface area (Å²) in [5.74, 6) is -2.79. The fourth-order valence-electron chi connectivity index (χ4n) is 2.21. The lowest BCUT2D eigenvalue weighted by atomic mass is 9.71. The van der Waals surface area contributed by atoms with E-state index in [4.69, 9.17) is 10.2 Å². The summed E-state index contributed by atoms with van der Waals surface area (Å²) in [6.45, 7) is 3.28. The van der Waals surface area contributed by atoms with Crippen LogP contribution in [0.2, 0.25) is 0 Å². The van der Waals surface area contributed by atoms with Gasteiger partial charge in [-0.05, 0) is 19.4 Å². The highest BCUT2D eigenvalue weighted by atomic mass is 16.4. The average Bonchev–Trinajstić information content (AvgIpc) is 2.11. The second kappa shape index (κ2) is 4.53. The molecule has 0 heterocycles. The van der Waals surface area contributed by atoms with Crippen molar-refractivity contribution in [3.63, 3.8) is 0 Å². The van der Waals surface area contributed by atoms with Gasteiger partial charge >= 0.3 is 11.9 Å². The van der Waals surface area contributed by atoms with Crippen LogP contribution in [-0.4, -0.2) is 27.9 Å². The van der Waals surface area contributed by atoms with E-state index in [1.54, 1.807) is 19.9 Å². The molecule has 2 N–H and O–H groups in total. The lowest BCUT2D eigenvalue weighted by Crippen LogP contribution is -2.36. The van der Waals surface area contributed by atoms with Crippen LogP contribution in [0.5, 0.6) is 0 Å². The van der Waals surface area contributed by atoms with Crippen LogP contribution in [0, 0.1) is 5.41 Å². The minimum atomic E-state index is -1.44. The third-order valence-electron chi connectivity index (χ3n) is 2.69. The van der Waals surface area contributed by atoms with Crippen LogP contribution in [0.1, 0.15) is 26.7 Å². The largest absolute Gasteiger partial charge is 0.481 e. The Morgan fingerprint density at radius 3 is 2.06 bits per heavy atom. The Morgan fingerprint density at radius 2 is 1.65 bits per heavy atom. The van der Waals surface area contributed by atoms with E-state index in [0.717, 1.165) is 0 Å². The number of carboxylic acid groups (broad SMARTS) is 2. The molecule has 1 rings (SSSR count). The number of carboxylic acids is 2. The van der Waals surface area contributed by atoms with Gasteiger partial charge in [-0.15, -0.1) is 0 Å². The molecule has 0 radical (unpaired) electrons. The molecule has 0 unspecified atom stereocenters. The summed E-state index contributed by atoms with van der Waals surface area (Å²) < 4.78 is 0. The summed E-state index contributed by atoms with van der Waals surface area (Å²) in [7, 11) is 0. The molecule has 0 aromatic rings. The van der Waals surface area contributed by atoms with Crippen molar-refractivity contribution in [3.8, 4) is 0 Å². The number of allylic oxidation sites excluding steroid dienone is 4. The van der Waals surface area contributed by atoms with E-state index in [9.17, 15) is 14.4 Å². The zero-order chi connectivity index (χ0) is 13.2. The maximum absolute atomic E-state index is 12.0. The van der Waals surface area contributed by atoms with Gasteiger partial charge in [0.2, 0.25) is 0 Å². The number of aliphatic carboxylic acids is 2. The molecule has 0 fully saturated rings. The Balaban J connectivity index is 3.22. The topological polar surface area (TPSA) is 91.7 Å². The minimum absolute atomic E-state index is 0.396. The third-order valence-corrected chi connectivity index (χ3v) is 2.69.